The lowest BCUT2D eigenvalue weighted by Gasteiger charge is -2.52. The van der Waals surface area contributed by atoms with Gasteiger partial charge in [0.1, 0.15) is 12.9 Å². The zero-order valence-corrected chi connectivity index (χ0v) is 21.5. The van der Waals surface area contributed by atoms with Crippen molar-refractivity contribution in [3.05, 3.63) is 47.0 Å². The Labute approximate surface area is 208 Å². The Kier molecular flexibility index (Phi) is 9.71. The topological polar surface area (TPSA) is 102 Å². The van der Waals surface area contributed by atoms with Crippen molar-refractivity contribution in [1.82, 2.24) is 10.4 Å². The van der Waals surface area contributed by atoms with E-state index in [1.165, 1.54) is 6.92 Å². The smallest absolute Gasteiger partial charge is 0.404 e. The van der Waals surface area contributed by atoms with Gasteiger partial charge in [0.2, 0.25) is 5.91 Å². The molecule has 2 amide bonds. The molecule has 1 fully saturated rings. The summed E-state index contributed by atoms with van der Waals surface area (Å²) >= 11 is 6.28. The van der Waals surface area contributed by atoms with Crippen molar-refractivity contribution >= 4 is 29.9 Å². The van der Waals surface area contributed by atoms with E-state index in [0.717, 1.165) is 43.1 Å². The van der Waals surface area contributed by atoms with Gasteiger partial charge in [-0.3, -0.25) is 10.2 Å². The number of carbonyl (C=O) groups excluding carboxylic acids is 3. The summed E-state index contributed by atoms with van der Waals surface area (Å²) in [6.45, 7) is 11.4. The first-order chi connectivity index (χ1) is 15.9. The molecule has 3 N–H and O–H groups in total. The fraction of sp³-hybridized carbons (Fsp3) is 0.577. The molecule has 1 aliphatic rings. The zero-order chi connectivity index (χ0) is 25.5. The highest BCUT2D eigenvalue weighted by molar-refractivity contribution is 6.30. The number of allylic oxidation sites excluding steroid dienone is 1. The second-order valence-corrected chi connectivity index (χ2v) is 10.5. The van der Waals surface area contributed by atoms with Crippen molar-refractivity contribution in [1.29, 1.82) is 0 Å². The van der Waals surface area contributed by atoms with E-state index in [0.29, 0.717) is 17.9 Å². The summed E-state index contributed by atoms with van der Waals surface area (Å²) in [6.07, 6.45) is 6.54. The van der Waals surface area contributed by atoms with Crippen molar-refractivity contribution < 1.29 is 19.1 Å². The number of aldehydes is 1. The summed E-state index contributed by atoms with van der Waals surface area (Å²) in [4.78, 5) is 36.0. The van der Waals surface area contributed by atoms with Crippen molar-refractivity contribution in [3.63, 3.8) is 0 Å². The van der Waals surface area contributed by atoms with E-state index in [-0.39, 0.29) is 24.3 Å². The van der Waals surface area contributed by atoms with Crippen LogP contribution < -0.4 is 11.2 Å². The first-order valence-corrected chi connectivity index (χ1v) is 12.2. The molecule has 0 saturated heterocycles. The van der Waals surface area contributed by atoms with Crippen LogP contribution in [0.4, 0.5) is 4.79 Å². The highest BCUT2D eigenvalue weighted by atomic mass is 35.5. The second-order valence-electron chi connectivity index (χ2n) is 10.1. The maximum Gasteiger partial charge on any atom is 0.404 e. The van der Waals surface area contributed by atoms with E-state index in [2.05, 4.69) is 12.0 Å². The van der Waals surface area contributed by atoms with Gasteiger partial charge in [0.05, 0.1) is 5.54 Å². The molecule has 0 aliphatic heterocycles. The van der Waals surface area contributed by atoms with Gasteiger partial charge in [0.25, 0.3) is 0 Å². The lowest BCUT2D eigenvalue weighted by atomic mass is 9.67. The fourth-order valence-electron chi connectivity index (χ4n) is 5.22. The molecule has 0 spiro atoms. The Morgan fingerprint density at radius 2 is 1.91 bits per heavy atom. The second kappa shape index (κ2) is 11.8. The fourth-order valence-corrected chi connectivity index (χ4v) is 5.40. The molecule has 0 bridgehead atoms. The van der Waals surface area contributed by atoms with Gasteiger partial charge in [-0.2, -0.15) is 0 Å². The van der Waals surface area contributed by atoms with Gasteiger partial charge >= 0.3 is 6.09 Å². The van der Waals surface area contributed by atoms with Gasteiger partial charge in [0.15, 0.2) is 0 Å². The molecule has 1 atom stereocenters. The molecule has 1 aromatic carbocycles. The molecule has 34 heavy (non-hydrogen) atoms. The Morgan fingerprint density at radius 3 is 2.41 bits per heavy atom. The number of benzene rings is 1. The number of nitrogens with zero attached hydrogens (tertiary/aromatic N) is 1. The number of amides is 2. The van der Waals surface area contributed by atoms with Crippen molar-refractivity contribution in [2.75, 3.05) is 0 Å². The van der Waals surface area contributed by atoms with Gasteiger partial charge in [-0.25, -0.2) is 9.80 Å². The van der Waals surface area contributed by atoms with Crippen LogP contribution in [0.3, 0.4) is 0 Å². The monoisotopic (exact) mass is 491 g/mol. The predicted molar refractivity (Wildman–Crippen MR) is 134 cm³/mol. The molecule has 0 aromatic heterocycles. The maximum atomic E-state index is 12.8. The van der Waals surface area contributed by atoms with Gasteiger partial charge in [-0.05, 0) is 94.4 Å². The molecule has 1 aromatic rings. The van der Waals surface area contributed by atoms with Crippen LogP contribution >= 0.6 is 11.6 Å². The number of halogens is 1. The number of carbonyl (C=O) groups is 3. The van der Waals surface area contributed by atoms with Crippen LogP contribution in [0.15, 0.2) is 30.9 Å². The van der Waals surface area contributed by atoms with E-state index in [1.54, 1.807) is 6.07 Å². The average Bonchev–Trinajstić information content (AvgIpc) is 2.77. The molecule has 1 saturated carbocycles. The number of nitrogens with one attached hydrogen (secondary N) is 1. The van der Waals surface area contributed by atoms with Crippen LogP contribution in [-0.2, 0) is 20.9 Å². The molecular formula is C26H38ClN3O4. The standard InChI is InChI=1S/C26H38ClN3O4/c1-6-7-14-26(17-31,30(25(3,4)5)29-18(2)32)21-11-8-19(9-12-21)23-15-22(27)13-10-20(23)16-34-24(28)33/h6,10,13,15,17,19,21H,1,7-9,11-12,14,16H2,2-5H3,(H2,28,33)(H,29,32)/t19?,21?,26-/m1/s1. The van der Waals surface area contributed by atoms with E-state index in [1.807, 2.05) is 44.0 Å². The third-order valence-electron chi connectivity index (χ3n) is 6.66. The number of rotatable bonds is 10. The zero-order valence-electron chi connectivity index (χ0n) is 20.7. The number of ether oxygens (including phenoxy) is 1. The summed E-state index contributed by atoms with van der Waals surface area (Å²) in [7, 11) is 0. The molecule has 7 nitrogen and oxygen atoms in total. The van der Waals surface area contributed by atoms with E-state index in [9.17, 15) is 14.4 Å². The Hall–Kier alpha value is -2.38. The summed E-state index contributed by atoms with van der Waals surface area (Å²) in [5.74, 6) is 0.0669. The van der Waals surface area contributed by atoms with Crippen molar-refractivity contribution in [3.8, 4) is 0 Å². The molecule has 8 heteroatoms. The van der Waals surface area contributed by atoms with E-state index >= 15 is 0 Å². The summed E-state index contributed by atoms with van der Waals surface area (Å²) in [5.41, 5.74) is 8.73. The molecule has 0 heterocycles. The average molecular weight is 492 g/mol. The van der Waals surface area contributed by atoms with Crippen LogP contribution in [-0.4, -0.2) is 34.4 Å². The quantitative estimate of drug-likeness (QED) is 0.264. The molecule has 1 aliphatic carbocycles. The SMILES string of the molecule is C=CCC[C@@](C=O)(C1CCC(c2cc(Cl)ccc2COC(N)=O)CC1)N(NC(C)=O)C(C)(C)C. The molecule has 0 unspecified atom stereocenters. The van der Waals surface area contributed by atoms with Crippen molar-refractivity contribution in [2.45, 2.75) is 89.8 Å². The lowest BCUT2D eigenvalue weighted by Crippen LogP contribution is -2.68. The minimum Gasteiger partial charge on any atom is -0.445 e. The summed E-state index contributed by atoms with van der Waals surface area (Å²) < 4.78 is 5.04. The van der Waals surface area contributed by atoms with E-state index in [4.69, 9.17) is 22.1 Å². The molecule has 188 valence electrons. The number of nitrogens with two attached hydrogens (primary N) is 1. The van der Waals surface area contributed by atoms with Crippen LogP contribution in [0.2, 0.25) is 5.02 Å². The van der Waals surface area contributed by atoms with Crippen LogP contribution in [0.1, 0.15) is 83.3 Å². The Morgan fingerprint density at radius 1 is 1.26 bits per heavy atom. The van der Waals surface area contributed by atoms with Gasteiger partial charge in [-0.1, -0.05) is 23.7 Å². The highest BCUT2D eigenvalue weighted by Gasteiger charge is 2.49. The molecule has 0 radical (unpaired) electrons. The number of hydrogen-bond donors (Lipinski definition) is 2. The maximum absolute atomic E-state index is 12.8. The Balaban J connectivity index is 2.34. The first-order valence-electron chi connectivity index (χ1n) is 11.8. The van der Waals surface area contributed by atoms with Gasteiger partial charge in [0, 0.05) is 17.5 Å². The lowest BCUT2D eigenvalue weighted by molar-refractivity contribution is -0.148. The first kappa shape index (κ1) is 27.9. The van der Waals surface area contributed by atoms with E-state index < -0.39 is 17.2 Å². The van der Waals surface area contributed by atoms with Crippen molar-refractivity contribution in [2.24, 2.45) is 11.7 Å². The Bertz CT molecular complexity index is 891. The van der Waals surface area contributed by atoms with Crippen LogP contribution in [0.25, 0.3) is 0 Å². The summed E-state index contributed by atoms with van der Waals surface area (Å²) in [6, 6.07) is 5.57. The number of hydrogen-bond acceptors (Lipinski definition) is 5. The third-order valence-corrected chi connectivity index (χ3v) is 6.90. The van der Waals surface area contributed by atoms with Crippen LogP contribution in [0, 0.1) is 5.92 Å². The minimum atomic E-state index is -0.852. The summed E-state index contributed by atoms with van der Waals surface area (Å²) in [5, 5.41) is 2.48. The number of primary amides is 1. The highest BCUT2D eigenvalue weighted by Crippen LogP contribution is 2.45. The van der Waals surface area contributed by atoms with Crippen LogP contribution in [0.5, 0.6) is 0 Å². The third kappa shape index (κ3) is 6.83. The van der Waals surface area contributed by atoms with Gasteiger partial charge < -0.3 is 15.3 Å². The molecule has 2 rings (SSSR count). The minimum absolute atomic E-state index is 0.0526. The number of hydrazine groups is 1. The van der Waals surface area contributed by atoms with Gasteiger partial charge in [-0.15, -0.1) is 6.58 Å². The predicted octanol–water partition coefficient (Wildman–Crippen LogP) is 5.26. The normalized spacial score (nSPS) is 20.3. The molecular weight excluding hydrogens is 454 g/mol. The largest absolute Gasteiger partial charge is 0.445 e.